The van der Waals surface area contributed by atoms with Gasteiger partial charge in [0.25, 0.3) is 0 Å². The highest BCUT2D eigenvalue weighted by Gasteiger charge is 2.19. The van der Waals surface area contributed by atoms with Crippen LogP contribution in [0.5, 0.6) is 0 Å². The van der Waals surface area contributed by atoms with Gasteiger partial charge >= 0.3 is 17.9 Å². The number of ether oxygens (including phenoxy) is 3. The fourth-order valence-electron chi connectivity index (χ4n) is 5.85. The maximum Gasteiger partial charge on any atom is 0.306 e. The normalized spacial score (nSPS) is 12.0. The fourth-order valence-corrected chi connectivity index (χ4v) is 5.85. The lowest BCUT2D eigenvalue weighted by molar-refractivity contribution is -0.167. The summed E-state index contributed by atoms with van der Waals surface area (Å²) in [6.07, 6.45) is 37.8. The van der Waals surface area contributed by atoms with E-state index in [0.29, 0.717) is 19.3 Å². The minimum absolute atomic E-state index is 0.0704. The minimum Gasteiger partial charge on any atom is -0.462 e. The van der Waals surface area contributed by atoms with Crippen molar-refractivity contribution in [2.45, 2.75) is 226 Å². The molecule has 0 aromatic carbocycles. The molecule has 0 aromatic heterocycles. The summed E-state index contributed by atoms with van der Waals surface area (Å²) >= 11 is 0. The molecule has 0 aromatic rings. The molecule has 0 aliphatic rings. The molecule has 0 aliphatic carbocycles. The molecule has 0 N–H and O–H groups in total. The molecule has 1 atom stereocenters. The van der Waals surface area contributed by atoms with Crippen molar-refractivity contribution in [3.8, 4) is 0 Å². The first kappa shape index (κ1) is 46.1. The summed E-state index contributed by atoms with van der Waals surface area (Å²) in [6, 6.07) is 0. The van der Waals surface area contributed by atoms with E-state index in [4.69, 9.17) is 14.2 Å². The van der Waals surface area contributed by atoms with Gasteiger partial charge in [-0.25, -0.2) is 0 Å². The smallest absolute Gasteiger partial charge is 0.306 e. The number of carbonyl (C=O) groups excluding carboxylic acids is 3. The Morgan fingerprint density at radius 2 is 0.688 bits per heavy atom. The third kappa shape index (κ3) is 35.5. The number of allylic oxidation sites excluding steroid dienone is 2. The summed E-state index contributed by atoms with van der Waals surface area (Å²) in [4.78, 5) is 37.3. The lowest BCUT2D eigenvalue weighted by Crippen LogP contribution is -2.30. The van der Waals surface area contributed by atoms with Crippen molar-refractivity contribution in [1.82, 2.24) is 0 Å². The van der Waals surface area contributed by atoms with Crippen LogP contribution >= 0.6 is 0 Å². The summed E-state index contributed by atoms with van der Waals surface area (Å²) in [7, 11) is 0. The van der Waals surface area contributed by atoms with Crippen molar-refractivity contribution in [3.05, 3.63) is 12.2 Å². The Labute approximate surface area is 297 Å². The van der Waals surface area contributed by atoms with E-state index in [9.17, 15) is 14.4 Å². The highest BCUT2D eigenvalue weighted by molar-refractivity contribution is 5.71. The van der Waals surface area contributed by atoms with Crippen molar-refractivity contribution in [2.75, 3.05) is 13.2 Å². The highest BCUT2D eigenvalue weighted by Crippen LogP contribution is 2.14. The van der Waals surface area contributed by atoms with Crippen LogP contribution in [0, 0.1) is 0 Å². The number of rotatable bonds is 37. The molecule has 0 spiro atoms. The van der Waals surface area contributed by atoms with E-state index in [1.54, 1.807) is 0 Å². The van der Waals surface area contributed by atoms with Gasteiger partial charge in [-0.2, -0.15) is 0 Å². The van der Waals surface area contributed by atoms with Crippen LogP contribution in [-0.2, 0) is 28.6 Å². The Morgan fingerprint density at radius 3 is 1.04 bits per heavy atom. The molecule has 282 valence electrons. The Kier molecular flexibility index (Phi) is 36.5. The Bertz CT molecular complexity index is 748. The lowest BCUT2D eigenvalue weighted by Gasteiger charge is -2.18. The van der Waals surface area contributed by atoms with Gasteiger partial charge in [0.15, 0.2) is 6.10 Å². The number of unbranched alkanes of at least 4 members (excludes halogenated alkanes) is 24. The highest BCUT2D eigenvalue weighted by atomic mass is 16.6. The van der Waals surface area contributed by atoms with Crippen LogP contribution in [0.1, 0.15) is 220 Å². The zero-order chi connectivity index (χ0) is 35.2. The summed E-state index contributed by atoms with van der Waals surface area (Å²) in [6.45, 7) is 6.54. The predicted molar refractivity (Wildman–Crippen MR) is 201 cm³/mol. The van der Waals surface area contributed by atoms with E-state index < -0.39 is 6.10 Å². The molecule has 6 heteroatoms. The quantitative estimate of drug-likeness (QED) is 0.0282. The van der Waals surface area contributed by atoms with E-state index in [-0.39, 0.29) is 31.1 Å². The van der Waals surface area contributed by atoms with Crippen LogP contribution in [0.3, 0.4) is 0 Å². The Hall–Kier alpha value is -1.85. The fraction of sp³-hybridized carbons (Fsp3) is 0.881. The molecule has 0 saturated carbocycles. The van der Waals surface area contributed by atoms with E-state index in [0.717, 1.165) is 64.2 Å². The molecule has 1 unspecified atom stereocenters. The molecule has 0 radical (unpaired) electrons. The van der Waals surface area contributed by atoms with Gasteiger partial charge in [0, 0.05) is 19.3 Å². The van der Waals surface area contributed by atoms with Crippen molar-refractivity contribution in [2.24, 2.45) is 0 Å². The molecular formula is C42H78O6. The molecule has 6 nitrogen and oxygen atoms in total. The van der Waals surface area contributed by atoms with Crippen LogP contribution in [-0.4, -0.2) is 37.2 Å². The standard InChI is InChI=1S/C42H78O6/c1-4-7-10-13-16-18-20-21-22-23-25-26-29-32-35-41(44)47-38-39(37-46-40(43)34-31-28-15-12-9-6-3)48-42(45)36-33-30-27-24-19-17-14-11-8-5-2/h20-21,39H,4-19,22-38H2,1-3H3/b21-20-. The predicted octanol–water partition coefficient (Wildman–Crippen LogP) is 12.7. The molecular weight excluding hydrogens is 600 g/mol. The second-order valence-corrected chi connectivity index (χ2v) is 13.9. The molecule has 0 amide bonds. The van der Waals surface area contributed by atoms with E-state index in [1.807, 2.05) is 0 Å². The van der Waals surface area contributed by atoms with Crippen LogP contribution in [0.25, 0.3) is 0 Å². The molecule has 0 rings (SSSR count). The average molecular weight is 679 g/mol. The van der Waals surface area contributed by atoms with Gasteiger partial charge in [0.2, 0.25) is 0 Å². The number of hydrogen-bond donors (Lipinski definition) is 0. The topological polar surface area (TPSA) is 78.9 Å². The maximum atomic E-state index is 12.6. The first-order chi connectivity index (χ1) is 23.5. The SMILES string of the molecule is CCCCCCC/C=C\CCCCCCCC(=O)OCC(COC(=O)CCCCCCCC)OC(=O)CCCCCCCCCCCC. The molecule has 0 bridgehead atoms. The summed E-state index contributed by atoms with van der Waals surface area (Å²) in [5.74, 6) is -0.888. The third-order valence-electron chi connectivity index (χ3n) is 9.02. The van der Waals surface area contributed by atoms with Gasteiger partial charge < -0.3 is 14.2 Å². The van der Waals surface area contributed by atoms with Gasteiger partial charge in [0.05, 0.1) is 0 Å². The summed E-state index contributed by atoms with van der Waals surface area (Å²) < 4.78 is 16.6. The maximum absolute atomic E-state index is 12.6. The molecule has 0 heterocycles. The molecule has 0 aliphatic heterocycles. The monoisotopic (exact) mass is 679 g/mol. The van der Waals surface area contributed by atoms with Crippen molar-refractivity contribution < 1.29 is 28.6 Å². The van der Waals surface area contributed by atoms with E-state index in [2.05, 4.69) is 32.9 Å². The van der Waals surface area contributed by atoms with Gasteiger partial charge in [0.1, 0.15) is 13.2 Å². The number of esters is 3. The van der Waals surface area contributed by atoms with Gasteiger partial charge in [-0.15, -0.1) is 0 Å². The van der Waals surface area contributed by atoms with Crippen LogP contribution in [0.15, 0.2) is 12.2 Å². The number of carbonyl (C=O) groups is 3. The second kappa shape index (κ2) is 38.0. The molecule has 0 fully saturated rings. The first-order valence-corrected chi connectivity index (χ1v) is 20.7. The second-order valence-electron chi connectivity index (χ2n) is 13.9. The lowest BCUT2D eigenvalue weighted by atomic mass is 10.1. The van der Waals surface area contributed by atoms with Crippen LogP contribution < -0.4 is 0 Å². The Balaban J connectivity index is 4.28. The molecule has 48 heavy (non-hydrogen) atoms. The summed E-state index contributed by atoms with van der Waals surface area (Å²) in [5, 5.41) is 0. The van der Waals surface area contributed by atoms with E-state index >= 15 is 0 Å². The number of hydrogen-bond acceptors (Lipinski definition) is 6. The van der Waals surface area contributed by atoms with Crippen molar-refractivity contribution in [1.29, 1.82) is 0 Å². The van der Waals surface area contributed by atoms with Gasteiger partial charge in [-0.1, -0.05) is 168 Å². The van der Waals surface area contributed by atoms with Crippen molar-refractivity contribution >= 4 is 17.9 Å². The molecule has 0 saturated heterocycles. The van der Waals surface area contributed by atoms with Gasteiger partial charge in [-0.3, -0.25) is 14.4 Å². The third-order valence-corrected chi connectivity index (χ3v) is 9.02. The van der Waals surface area contributed by atoms with Crippen LogP contribution in [0.2, 0.25) is 0 Å². The van der Waals surface area contributed by atoms with Gasteiger partial charge in [-0.05, 0) is 44.9 Å². The largest absolute Gasteiger partial charge is 0.462 e. The van der Waals surface area contributed by atoms with Crippen LogP contribution in [0.4, 0.5) is 0 Å². The van der Waals surface area contributed by atoms with E-state index in [1.165, 1.54) is 116 Å². The summed E-state index contributed by atoms with van der Waals surface area (Å²) in [5.41, 5.74) is 0. The van der Waals surface area contributed by atoms with Crippen molar-refractivity contribution in [3.63, 3.8) is 0 Å². The average Bonchev–Trinajstić information content (AvgIpc) is 3.08. The minimum atomic E-state index is -0.762. The zero-order valence-electron chi connectivity index (χ0n) is 32.0. The Morgan fingerprint density at radius 1 is 0.396 bits per heavy atom. The zero-order valence-corrected chi connectivity index (χ0v) is 32.0. The first-order valence-electron chi connectivity index (χ1n) is 20.7.